The number of piperidine rings is 1. The number of amides is 1. The van der Waals surface area contributed by atoms with Gasteiger partial charge in [0.05, 0.1) is 0 Å². The molecule has 6 heteroatoms. The van der Waals surface area contributed by atoms with Crippen LogP contribution in [0.2, 0.25) is 0 Å². The number of carbonyl (C=O) groups excluding carboxylic acids is 1. The number of nitrogens with one attached hydrogen (secondary N) is 2. The first-order chi connectivity index (χ1) is 13.2. The molecular formula is C23H39Cl2N3O. The highest BCUT2D eigenvalue weighted by Gasteiger charge is 2.21. The Morgan fingerprint density at radius 3 is 2.55 bits per heavy atom. The predicted molar refractivity (Wildman–Crippen MR) is 126 cm³/mol. The van der Waals surface area contributed by atoms with Crippen molar-refractivity contribution in [3.8, 4) is 0 Å². The lowest BCUT2D eigenvalue weighted by Gasteiger charge is -2.28. The summed E-state index contributed by atoms with van der Waals surface area (Å²) < 4.78 is 0. The highest BCUT2D eigenvalue weighted by molar-refractivity contribution is 5.85. The van der Waals surface area contributed by atoms with Gasteiger partial charge < -0.3 is 10.6 Å². The highest BCUT2D eigenvalue weighted by atomic mass is 35.5. The molecule has 2 fully saturated rings. The average Bonchev–Trinajstić information content (AvgIpc) is 2.96. The number of hydrogen-bond acceptors (Lipinski definition) is 3. The molecule has 2 aliphatic rings. The molecule has 4 nitrogen and oxygen atoms in total. The minimum absolute atomic E-state index is 0. The Morgan fingerprint density at radius 2 is 1.86 bits per heavy atom. The molecule has 1 amide bonds. The van der Waals surface area contributed by atoms with Crippen LogP contribution in [0.1, 0.15) is 63.0 Å². The Hall–Kier alpha value is -0.810. The quantitative estimate of drug-likeness (QED) is 0.649. The number of halogens is 2. The molecule has 29 heavy (non-hydrogen) atoms. The molecule has 2 atom stereocenters. The van der Waals surface area contributed by atoms with Crippen LogP contribution in [0.3, 0.4) is 0 Å². The van der Waals surface area contributed by atoms with Gasteiger partial charge in [-0.15, -0.1) is 24.8 Å². The van der Waals surface area contributed by atoms with Crippen LogP contribution >= 0.6 is 24.8 Å². The van der Waals surface area contributed by atoms with Gasteiger partial charge in [-0.3, -0.25) is 9.69 Å². The van der Waals surface area contributed by atoms with Crippen molar-refractivity contribution in [3.05, 3.63) is 35.4 Å². The zero-order valence-corrected chi connectivity index (χ0v) is 19.5. The Bertz CT molecular complexity index is 585. The summed E-state index contributed by atoms with van der Waals surface area (Å²) in [5.41, 5.74) is 2.58. The molecule has 2 N–H and O–H groups in total. The van der Waals surface area contributed by atoms with E-state index in [4.69, 9.17) is 0 Å². The second kappa shape index (κ2) is 14.2. The SMILES string of the molecule is CC(CC(=O)NCc1cccc(CN2CCCCCC2)c1)C1CCCNC1.Cl.Cl. The molecule has 0 spiro atoms. The average molecular weight is 444 g/mol. The normalized spacial score (nSPS) is 21.2. The van der Waals surface area contributed by atoms with Crippen LogP contribution in [0.15, 0.2) is 24.3 Å². The zero-order chi connectivity index (χ0) is 18.9. The summed E-state index contributed by atoms with van der Waals surface area (Å²) in [4.78, 5) is 14.9. The van der Waals surface area contributed by atoms with Gasteiger partial charge in [0.15, 0.2) is 0 Å². The summed E-state index contributed by atoms with van der Waals surface area (Å²) in [5.74, 6) is 1.28. The molecule has 0 bridgehead atoms. The Labute approximate surface area is 189 Å². The maximum absolute atomic E-state index is 12.4. The summed E-state index contributed by atoms with van der Waals surface area (Å²) in [6.07, 6.45) is 8.52. The number of rotatable bonds is 7. The van der Waals surface area contributed by atoms with Crippen molar-refractivity contribution >= 4 is 30.7 Å². The molecule has 0 aromatic heterocycles. The summed E-state index contributed by atoms with van der Waals surface area (Å²) in [5, 5.41) is 6.59. The number of benzene rings is 1. The van der Waals surface area contributed by atoms with Crippen molar-refractivity contribution in [2.45, 2.75) is 65.0 Å². The van der Waals surface area contributed by atoms with Gasteiger partial charge in [0, 0.05) is 19.5 Å². The molecule has 0 saturated carbocycles. The van der Waals surface area contributed by atoms with Crippen molar-refractivity contribution in [1.29, 1.82) is 0 Å². The molecule has 2 aliphatic heterocycles. The maximum atomic E-state index is 12.4. The maximum Gasteiger partial charge on any atom is 0.220 e. The fourth-order valence-corrected chi connectivity index (χ4v) is 4.49. The highest BCUT2D eigenvalue weighted by Crippen LogP contribution is 2.22. The van der Waals surface area contributed by atoms with E-state index in [1.54, 1.807) is 0 Å². The van der Waals surface area contributed by atoms with Crippen LogP contribution in [0.5, 0.6) is 0 Å². The van der Waals surface area contributed by atoms with E-state index in [9.17, 15) is 4.79 Å². The lowest BCUT2D eigenvalue weighted by Crippen LogP contribution is -2.35. The number of hydrogen-bond donors (Lipinski definition) is 2. The van der Waals surface area contributed by atoms with E-state index in [1.165, 1.54) is 62.7 Å². The number of nitrogens with zero attached hydrogens (tertiary/aromatic N) is 1. The lowest BCUT2D eigenvalue weighted by molar-refractivity contribution is -0.122. The molecule has 1 aromatic rings. The van der Waals surface area contributed by atoms with E-state index in [0.717, 1.165) is 19.6 Å². The van der Waals surface area contributed by atoms with E-state index in [0.29, 0.717) is 24.8 Å². The second-order valence-corrected chi connectivity index (χ2v) is 8.57. The van der Waals surface area contributed by atoms with E-state index < -0.39 is 0 Å². The Morgan fingerprint density at radius 1 is 1.14 bits per heavy atom. The van der Waals surface area contributed by atoms with E-state index >= 15 is 0 Å². The second-order valence-electron chi connectivity index (χ2n) is 8.57. The van der Waals surface area contributed by atoms with Crippen molar-refractivity contribution in [2.24, 2.45) is 11.8 Å². The third-order valence-corrected chi connectivity index (χ3v) is 6.23. The van der Waals surface area contributed by atoms with Gasteiger partial charge in [-0.2, -0.15) is 0 Å². The molecule has 2 saturated heterocycles. The van der Waals surface area contributed by atoms with Gasteiger partial charge in [0.25, 0.3) is 0 Å². The fraction of sp³-hybridized carbons (Fsp3) is 0.696. The first-order valence-corrected chi connectivity index (χ1v) is 11.0. The lowest BCUT2D eigenvalue weighted by atomic mass is 9.85. The Kier molecular flexibility index (Phi) is 12.9. The van der Waals surface area contributed by atoms with Gasteiger partial charge in [-0.25, -0.2) is 0 Å². The monoisotopic (exact) mass is 443 g/mol. The minimum Gasteiger partial charge on any atom is -0.352 e. The molecular weight excluding hydrogens is 405 g/mol. The van der Waals surface area contributed by atoms with Crippen molar-refractivity contribution in [1.82, 2.24) is 15.5 Å². The largest absolute Gasteiger partial charge is 0.352 e. The molecule has 2 unspecified atom stereocenters. The van der Waals surface area contributed by atoms with Crippen LogP contribution in [0, 0.1) is 11.8 Å². The standard InChI is InChI=1S/C23H37N3O.2ClH/c1-19(22-10-7-11-24-17-22)14-23(27)25-16-20-8-6-9-21(15-20)18-26-12-4-2-3-5-13-26;;/h6,8-9,15,19,22,24H,2-5,7,10-14,16-18H2,1H3,(H,25,27);2*1H. The predicted octanol–water partition coefficient (Wildman–Crippen LogP) is 4.55. The van der Waals surface area contributed by atoms with E-state index in [-0.39, 0.29) is 30.7 Å². The molecule has 166 valence electrons. The molecule has 3 rings (SSSR count). The smallest absolute Gasteiger partial charge is 0.220 e. The first kappa shape index (κ1) is 26.2. The van der Waals surface area contributed by atoms with Crippen LogP contribution in [-0.4, -0.2) is 37.0 Å². The van der Waals surface area contributed by atoms with Gasteiger partial charge in [0.1, 0.15) is 0 Å². The zero-order valence-electron chi connectivity index (χ0n) is 17.8. The van der Waals surface area contributed by atoms with Gasteiger partial charge in [-0.05, 0) is 74.8 Å². The number of likely N-dealkylation sites (tertiary alicyclic amines) is 1. The molecule has 1 aromatic carbocycles. The third-order valence-electron chi connectivity index (χ3n) is 6.23. The van der Waals surface area contributed by atoms with Crippen LogP contribution in [0.4, 0.5) is 0 Å². The summed E-state index contributed by atoms with van der Waals surface area (Å²) in [6, 6.07) is 8.74. The van der Waals surface area contributed by atoms with Gasteiger partial charge in [-0.1, -0.05) is 44.0 Å². The van der Waals surface area contributed by atoms with E-state index in [2.05, 4.69) is 46.7 Å². The van der Waals surface area contributed by atoms with Crippen LogP contribution in [-0.2, 0) is 17.9 Å². The van der Waals surface area contributed by atoms with Crippen molar-refractivity contribution in [2.75, 3.05) is 26.2 Å². The van der Waals surface area contributed by atoms with Crippen molar-refractivity contribution < 1.29 is 4.79 Å². The van der Waals surface area contributed by atoms with Crippen molar-refractivity contribution in [3.63, 3.8) is 0 Å². The van der Waals surface area contributed by atoms with Crippen LogP contribution < -0.4 is 10.6 Å². The third kappa shape index (κ3) is 9.25. The molecule has 2 heterocycles. The van der Waals surface area contributed by atoms with E-state index in [1.807, 2.05) is 0 Å². The van der Waals surface area contributed by atoms with Gasteiger partial charge in [0.2, 0.25) is 5.91 Å². The first-order valence-electron chi connectivity index (χ1n) is 11.0. The number of carbonyl (C=O) groups is 1. The fourth-order valence-electron chi connectivity index (χ4n) is 4.49. The minimum atomic E-state index is 0. The van der Waals surface area contributed by atoms with Gasteiger partial charge >= 0.3 is 0 Å². The topological polar surface area (TPSA) is 44.4 Å². The summed E-state index contributed by atoms with van der Waals surface area (Å²) >= 11 is 0. The summed E-state index contributed by atoms with van der Waals surface area (Å²) in [7, 11) is 0. The molecule has 0 aliphatic carbocycles. The molecule has 0 radical (unpaired) electrons. The van der Waals surface area contributed by atoms with Crippen LogP contribution in [0.25, 0.3) is 0 Å². The Balaban J connectivity index is 0.00000210. The summed E-state index contributed by atoms with van der Waals surface area (Å²) in [6.45, 7) is 8.52.